The molecule has 184 valence electrons. The van der Waals surface area contributed by atoms with E-state index in [1.807, 2.05) is 48.7 Å². The van der Waals surface area contributed by atoms with Gasteiger partial charge in [-0.1, -0.05) is 66.7 Å². The van der Waals surface area contributed by atoms with Crippen LogP contribution >= 0.6 is 0 Å². The molecule has 7 nitrogen and oxygen atoms in total. The molecule has 0 unspecified atom stereocenters. The molecule has 0 saturated heterocycles. The number of amides is 1. The Labute approximate surface area is 212 Å². The van der Waals surface area contributed by atoms with Crippen LogP contribution in [0.25, 0.3) is 0 Å². The molecule has 0 atom stereocenters. The van der Waals surface area contributed by atoms with Gasteiger partial charge in [0.25, 0.3) is 5.91 Å². The van der Waals surface area contributed by atoms with Crippen LogP contribution in [0, 0.1) is 0 Å². The number of aryl methyl sites for hydroxylation is 1. The molecule has 4 aromatic rings. The van der Waals surface area contributed by atoms with Crippen molar-refractivity contribution >= 4 is 17.6 Å². The Morgan fingerprint density at radius 1 is 0.917 bits per heavy atom. The first-order valence-electron chi connectivity index (χ1n) is 12.2. The number of hydrogen-bond donors (Lipinski definition) is 3. The summed E-state index contributed by atoms with van der Waals surface area (Å²) in [5.41, 5.74) is 4.06. The number of guanidine groups is 1. The van der Waals surface area contributed by atoms with Gasteiger partial charge < -0.3 is 15.2 Å². The highest BCUT2D eigenvalue weighted by atomic mass is 16.1. The third-order valence-corrected chi connectivity index (χ3v) is 5.71. The number of anilines is 1. The van der Waals surface area contributed by atoms with Gasteiger partial charge in [-0.15, -0.1) is 0 Å². The van der Waals surface area contributed by atoms with Crippen LogP contribution in [0.15, 0.2) is 109 Å². The summed E-state index contributed by atoms with van der Waals surface area (Å²) in [4.78, 5) is 26.9. The summed E-state index contributed by atoms with van der Waals surface area (Å²) in [6.45, 7) is 2.74. The zero-order valence-electron chi connectivity index (χ0n) is 20.3. The number of carbonyl (C=O) groups is 1. The Balaban J connectivity index is 1.39. The van der Waals surface area contributed by atoms with Gasteiger partial charge in [-0.05, 0) is 42.7 Å². The molecule has 0 radical (unpaired) electrons. The summed E-state index contributed by atoms with van der Waals surface area (Å²) < 4.78 is 0. The SMILES string of the molecule is O=C(NC(=NCCCc1cnc[nH]1)NCCN(Cc1ccccc1)c1ccccc1)c1ccccc1. The van der Waals surface area contributed by atoms with Crippen LogP contribution in [0.2, 0.25) is 0 Å². The van der Waals surface area contributed by atoms with Crippen molar-refractivity contribution in [1.82, 2.24) is 20.6 Å². The lowest BCUT2D eigenvalue weighted by Crippen LogP contribution is -2.44. The van der Waals surface area contributed by atoms with E-state index in [0.717, 1.165) is 37.3 Å². The van der Waals surface area contributed by atoms with E-state index in [9.17, 15) is 4.79 Å². The first kappa shape index (κ1) is 24.7. The Morgan fingerprint density at radius 2 is 1.61 bits per heavy atom. The third kappa shape index (κ3) is 7.84. The number of aromatic nitrogens is 2. The molecule has 36 heavy (non-hydrogen) atoms. The second-order valence-electron chi connectivity index (χ2n) is 8.40. The van der Waals surface area contributed by atoms with Crippen molar-refractivity contribution in [2.45, 2.75) is 19.4 Å². The van der Waals surface area contributed by atoms with Crippen molar-refractivity contribution in [3.05, 3.63) is 120 Å². The maximum atomic E-state index is 12.8. The Bertz CT molecular complexity index is 1190. The molecule has 0 aliphatic rings. The van der Waals surface area contributed by atoms with Gasteiger partial charge in [0.15, 0.2) is 5.96 Å². The number of nitrogens with zero attached hydrogens (tertiary/aromatic N) is 3. The molecular formula is C29H32N6O. The lowest BCUT2D eigenvalue weighted by Gasteiger charge is -2.25. The van der Waals surface area contributed by atoms with E-state index >= 15 is 0 Å². The van der Waals surface area contributed by atoms with E-state index in [0.29, 0.717) is 24.6 Å². The summed E-state index contributed by atoms with van der Waals surface area (Å²) in [5, 5.41) is 6.31. The molecule has 1 heterocycles. The molecule has 0 aliphatic carbocycles. The van der Waals surface area contributed by atoms with Gasteiger partial charge in [0.05, 0.1) is 6.33 Å². The number of imidazole rings is 1. The molecule has 1 amide bonds. The van der Waals surface area contributed by atoms with E-state index in [1.54, 1.807) is 18.5 Å². The first-order chi connectivity index (χ1) is 17.8. The quantitative estimate of drug-likeness (QED) is 0.168. The Hall–Kier alpha value is -4.39. The Morgan fingerprint density at radius 3 is 2.31 bits per heavy atom. The van der Waals surface area contributed by atoms with Crippen molar-refractivity contribution in [1.29, 1.82) is 0 Å². The molecule has 7 heteroatoms. The van der Waals surface area contributed by atoms with Gasteiger partial charge in [0, 0.05) is 49.3 Å². The summed E-state index contributed by atoms with van der Waals surface area (Å²) >= 11 is 0. The molecule has 3 N–H and O–H groups in total. The molecule has 0 saturated carbocycles. The van der Waals surface area contributed by atoms with E-state index < -0.39 is 0 Å². The van der Waals surface area contributed by atoms with Crippen molar-refractivity contribution < 1.29 is 4.79 Å². The fraction of sp³-hybridized carbons (Fsp3) is 0.207. The summed E-state index contributed by atoms with van der Waals surface area (Å²) in [5.74, 6) is 0.306. The number of H-pyrrole nitrogens is 1. The van der Waals surface area contributed by atoms with E-state index in [2.05, 4.69) is 66.9 Å². The lowest BCUT2D eigenvalue weighted by molar-refractivity contribution is 0.0975. The molecule has 0 fully saturated rings. The molecule has 1 aromatic heterocycles. The highest BCUT2D eigenvalue weighted by molar-refractivity contribution is 6.05. The molecule has 4 rings (SSSR count). The van der Waals surface area contributed by atoms with Crippen LogP contribution in [-0.2, 0) is 13.0 Å². The predicted molar refractivity (Wildman–Crippen MR) is 145 cm³/mol. The van der Waals surface area contributed by atoms with Crippen LogP contribution in [0.1, 0.15) is 28.0 Å². The number of benzene rings is 3. The summed E-state index contributed by atoms with van der Waals surface area (Å²) in [7, 11) is 0. The average Bonchev–Trinajstić information content (AvgIpc) is 3.45. The van der Waals surface area contributed by atoms with Gasteiger partial charge in [-0.25, -0.2) is 4.98 Å². The fourth-order valence-electron chi connectivity index (χ4n) is 3.84. The molecule has 0 bridgehead atoms. The number of aromatic amines is 1. The number of rotatable bonds is 11. The summed E-state index contributed by atoms with van der Waals surface area (Å²) in [6.07, 6.45) is 5.20. The standard InChI is InChI=1S/C29H32N6O/c36-28(25-13-6-2-7-14-25)34-29(31-18-10-15-26-21-30-23-33-26)32-19-20-35(27-16-8-3-9-17-27)22-24-11-4-1-5-12-24/h1-9,11-14,16-17,21,23H,10,15,18-20,22H2,(H,30,33)(H2,31,32,34,36). The van der Waals surface area contributed by atoms with Crippen molar-refractivity contribution in [2.75, 3.05) is 24.5 Å². The van der Waals surface area contributed by atoms with Crippen molar-refractivity contribution in [3.63, 3.8) is 0 Å². The zero-order chi connectivity index (χ0) is 24.8. The third-order valence-electron chi connectivity index (χ3n) is 5.71. The highest BCUT2D eigenvalue weighted by Crippen LogP contribution is 2.16. The second kappa shape index (κ2) is 13.5. The fourth-order valence-corrected chi connectivity index (χ4v) is 3.84. The van der Waals surface area contributed by atoms with Crippen molar-refractivity contribution in [2.24, 2.45) is 4.99 Å². The maximum absolute atomic E-state index is 12.8. The molecule has 0 spiro atoms. The summed E-state index contributed by atoms with van der Waals surface area (Å²) in [6, 6.07) is 30.0. The number of carbonyl (C=O) groups excluding carboxylic acids is 1. The largest absolute Gasteiger partial charge is 0.365 e. The molecular weight excluding hydrogens is 448 g/mol. The van der Waals surface area contributed by atoms with Crippen LogP contribution < -0.4 is 15.5 Å². The van der Waals surface area contributed by atoms with Crippen LogP contribution in [0.4, 0.5) is 5.69 Å². The van der Waals surface area contributed by atoms with Crippen molar-refractivity contribution in [3.8, 4) is 0 Å². The first-order valence-corrected chi connectivity index (χ1v) is 12.2. The highest BCUT2D eigenvalue weighted by Gasteiger charge is 2.11. The number of aliphatic imine (C=N–C) groups is 1. The van der Waals surface area contributed by atoms with Crippen LogP contribution in [-0.4, -0.2) is 41.5 Å². The van der Waals surface area contributed by atoms with Gasteiger partial charge >= 0.3 is 0 Å². The normalized spacial score (nSPS) is 11.2. The minimum atomic E-state index is -0.181. The van der Waals surface area contributed by atoms with Gasteiger partial charge in [-0.3, -0.25) is 15.1 Å². The number of para-hydroxylation sites is 1. The van der Waals surface area contributed by atoms with E-state index in [4.69, 9.17) is 0 Å². The molecule has 3 aromatic carbocycles. The monoisotopic (exact) mass is 480 g/mol. The Kier molecular flexibility index (Phi) is 9.26. The van der Waals surface area contributed by atoms with E-state index in [-0.39, 0.29) is 5.91 Å². The molecule has 0 aliphatic heterocycles. The van der Waals surface area contributed by atoms with Gasteiger partial charge in [0.1, 0.15) is 0 Å². The lowest BCUT2D eigenvalue weighted by atomic mass is 10.2. The second-order valence-corrected chi connectivity index (χ2v) is 8.40. The topological polar surface area (TPSA) is 85.4 Å². The number of nitrogens with one attached hydrogen (secondary N) is 3. The smallest absolute Gasteiger partial charge is 0.257 e. The zero-order valence-corrected chi connectivity index (χ0v) is 20.3. The number of hydrogen-bond acceptors (Lipinski definition) is 4. The minimum absolute atomic E-state index is 0.181. The van der Waals surface area contributed by atoms with Gasteiger partial charge in [-0.2, -0.15) is 0 Å². The maximum Gasteiger partial charge on any atom is 0.257 e. The predicted octanol–water partition coefficient (Wildman–Crippen LogP) is 4.42. The van der Waals surface area contributed by atoms with Crippen LogP contribution in [0.5, 0.6) is 0 Å². The average molecular weight is 481 g/mol. The van der Waals surface area contributed by atoms with E-state index in [1.165, 1.54) is 5.56 Å². The van der Waals surface area contributed by atoms with Crippen LogP contribution in [0.3, 0.4) is 0 Å². The minimum Gasteiger partial charge on any atom is -0.365 e. The van der Waals surface area contributed by atoms with Gasteiger partial charge in [0.2, 0.25) is 0 Å².